The van der Waals surface area contributed by atoms with E-state index in [9.17, 15) is 19.5 Å². The number of nitrogens with one attached hydrogen (secondary N) is 1. The molecule has 2 aliphatic rings. The molecule has 0 saturated carbocycles. The molecule has 13 nitrogen and oxygen atoms in total. The zero-order valence-electron chi connectivity index (χ0n) is 20.8. The molecular weight excluding hydrogens is 522 g/mol. The van der Waals surface area contributed by atoms with Crippen LogP contribution in [-0.2, 0) is 35.1 Å². The number of methoxy groups -OCH3 is 2. The summed E-state index contributed by atoms with van der Waals surface area (Å²) in [6.45, 7) is 4.97. The minimum absolute atomic E-state index is 0.0273. The highest BCUT2D eigenvalue weighted by Crippen LogP contribution is 2.57. The molecule has 2 aromatic rings. The summed E-state index contributed by atoms with van der Waals surface area (Å²) in [6, 6.07) is 4.94. The molecule has 1 aromatic heterocycles. The van der Waals surface area contributed by atoms with E-state index >= 15 is 0 Å². The highest BCUT2D eigenvalue weighted by atomic mass is 32.2. The van der Waals surface area contributed by atoms with Crippen LogP contribution in [0.15, 0.2) is 29.5 Å². The number of nitrogens with two attached hydrogens (primary N) is 1. The normalized spacial score (nSPS) is 25.0. The zero-order chi connectivity index (χ0) is 27.1. The van der Waals surface area contributed by atoms with Crippen molar-refractivity contribution in [3.63, 3.8) is 0 Å². The van der Waals surface area contributed by atoms with Crippen molar-refractivity contribution in [3.05, 3.63) is 46.4 Å². The molecule has 37 heavy (non-hydrogen) atoms. The molecule has 1 saturated heterocycles. The number of nitrogens with zero attached hydrogens (tertiary/aromatic N) is 5. The van der Waals surface area contributed by atoms with Gasteiger partial charge < -0.3 is 19.9 Å². The third-order valence-corrected chi connectivity index (χ3v) is 8.90. The number of fused-ring (bicyclic) bond motifs is 1. The summed E-state index contributed by atoms with van der Waals surface area (Å²) in [5, 5.41) is 24.1. The number of aromatic hydroxyl groups is 1. The maximum Gasteiger partial charge on any atom is 0.354 e. The molecule has 2 aliphatic heterocycles. The Morgan fingerprint density at radius 1 is 1.32 bits per heavy atom. The first-order valence-corrected chi connectivity index (χ1v) is 13.0. The number of β-lactam (4-membered cyclic amide) rings is 1. The Kier molecular flexibility index (Phi) is 7.25. The van der Waals surface area contributed by atoms with E-state index in [1.807, 2.05) is 13.0 Å². The second-order valence-electron chi connectivity index (χ2n) is 8.44. The van der Waals surface area contributed by atoms with Gasteiger partial charge in [0.1, 0.15) is 21.7 Å². The molecule has 198 valence electrons. The summed E-state index contributed by atoms with van der Waals surface area (Å²) in [7, 11) is 2.50. The summed E-state index contributed by atoms with van der Waals surface area (Å²) in [4.78, 5) is 38.9. The Hall–Kier alpha value is -3.14. The molecule has 1 fully saturated rings. The van der Waals surface area contributed by atoms with Crippen LogP contribution >= 0.6 is 23.7 Å². The number of phenolic OH excluding ortho intramolecular Hbond substituents is 1. The monoisotopic (exact) mass is 549 g/mol. The number of aromatic nitrogens is 4. The van der Waals surface area contributed by atoms with E-state index in [-0.39, 0.29) is 17.2 Å². The van der Waals surface area contributed by atoms with Gasteiger partial charge in [0, 0.05) is 25.4 Å². The van der Waals surface area contributed by atoms with Gasteiger partial charge in [-0.2, -0.15) is 4.09 Å². The highest BCUT2D eigenvalue weighted by Gasteiger charge is 2.68. The predicted molar refractivity (Wildman–Crippen MR) is 135 cm³/mol. The lowest BCUT2D eigenvalue weighted by atomic mass is 9.91. The first kappa shape index (κ1) is 26.9. The summed E-state index contributed by atoms with van der Waals surface area (Å²) in [5.74, 6) is -1.31. The Morgan fingerprint density at radius 2 is 2.05 bits per heavy atom. The molecule has 0 radical (unpaired) electrons. The molecule has 0 spiro atoms. The van der Waals surface area contributed by atoms with Crippen molar-refractivity contribution in [2.24, 2.45) is 5.73 Å². The highest BCUT2D eigenvalue weighted by molar-refractivity contribution is 8.01. The number of hydrogen-bond acceptors (Lipinski definition) is 12. The lowest BCUT2D eigenvalue weighted by molar-refractivity contribution is -0.183. The Morgan fingerprint density at radius 3 is 2.62 bits per heavy atom. The van der Waals surface area contributed by atoms with Gasteiger partial charge in [0.25, 0.3) is 5.91 Å². The largest absolute Gasteiger partial charge is 0.508 e. The van der Waals surface area contributed by atoms with Gasteiger partial charge in [-0.05, 0) is 59.0 Å². The van der Waals surface area contributed by atoms with Crippen molar-refractivity contribution < 1.29 is 29.0 Å². The number of rotatable bonds is 8. The number of carbonyl (C=O) groups is 3. The number of thioether (sulfide) groups is 1. The fourth-order valence-corrected chi connectivity index (χ4v) is 7.11. The van der Waals surface area contributed by atoms with E-state index in [2.05, 4.69) is 20.8 Å². The quantitative estimate of drug-likeness (QED) is 0.235. The average molecular weight is 550 g/mol. The van der Waals surface area contributed by atoms with Gasteiger partial charge in [0.2, 0.25) is 11.6 Å². The van der Waals surface area contributed by atoms with Crippen LogP contribution in [0.2, 0.25) is 0 Å². The van der Waals surface area contributed by atoms with Crippen molar-refractivity contribution >= 4 is 41.5 Å². The number of phenols is 1. The summed E-state index contributed by atoms with van der Waals surface area (Å²) < 4.78 is 11.9. The zero-order valence-corrected chi connectivity index (χ0v) is 22.5. The molecule has 4 N–H and O–H groups in total. The molecule has 3 heterocycles. The number of hydrogen-bond donors (Lipinski definition) is 3. The van der Waals surface area contributed by atoms with Gasteiger partial charge in [0.15, 0.2) is 5.82 Å². The van der Waals surface area contributed by atoms with Crippen LogP contribution in [0.25, 0.3) is 0 Å². The standard InChI is InChI=1S/C22H27N7O6S2/c1-6-13-7-14(9-15(31)8-13)22(24-12(3)30)16(10-36-29-11(2)25-26-27-29)17(18(32)34-4)28-19(33)21(23,35-5)20(28)37-22/h7-9,20,31H,6,10,23H2,1-5H3,(H,24,30)/t20-,21?,22?/m1/s1. The third kappa shape index (κ3) is 4.35. The van der Waals surface area contributed by atoms with Crippen molar-refractivity contribution in [1.82, 2.24) is 29.8 Å². The van der Waals surface area contributed by atoms with E-state index in [0.29, 0.717) is 23.4 Å². The molecule has 2 unspecified atom stereocenters. The second-order valence-corrected chi connectivity index (χ2v) is 10.6. The summed E-state index contributed by atoms with van der Waals surface area (Å²) in [5.41, 5.74) is 6.09. The number of benzene rings is 1. The number of ether oxygens (including phenoxy) is 2. The van der Waals surface area contributed by atoms with E-state index < -0.39 is 33.8 Å². The second kappa shape index (κ2) is 9.96. The van der Waals surface area contributed by atoms with Crippen molar-refractivity contribution in [1.29, 1.82) is 0 Å². The van der Waals surface area contributed by atoms with Crippen LogP contribution < -0.4 is 11.1 Å². The van der Waals surface area contributed by atoms with E-state index in [4.69, 9.17) is 15.2 Å². The van der Waals surface area contributed by atoms with Gasteiger partial charge in [-0.1, -0.05) is 24.8 Å². The molecule has 0 bridgehead atoms. The van der Waals surface area contributed by atoms with Crippen LogP contribution in [0, 0.1) is 6.92 Å². The first-order valence-electron chi connectivity index (χ1n) is 11.2. The fourth-order valence-electron chi connectivity index (χ4n) is 4.33. The van der Waals surface area contributed by atoms with Gasteiger partial charge in [0.05, 0.1) is 7.11 Å². The number of esters is 1. The van der Waals surface area contributed by atoms with Gasteiger partial charge in [-0.25, -0.2) is 4.79 Å². The van der Waals surface area contributed by atoms with Gasteiger partial charge in [-0.3, -0.25) is 20.2 Å². The Balaban J connectivity index is 2.02. The fraction of sp³-hybridized carbons (Fsp3) is 0.455. The summed E-state index contributed by atoms with van der Waals surface area (Å²) >= 11 is 2.28. The van der Waals surface area contributed by atoms with Crippen LogP contribution in [-0.4, -0.2) is 78.5 Å². The van der Waals surface area contributed by atoms with Crippen molar-refractivity contribution in [2.75, 3.05) is 20.0 Å². The molecule has 1 aromatic carbocycles. The number of aryl methyl sites for hydroxylation is 2. The van der Waals surface area contributed by atoms with E-state index in [0.717, 1.165) is 29.3 Å². The Bertz CT molecular complexity index is 1300. The van der Waals surface area contributed by atoms with Crippen molar-refractivity contribution in [3.8, 4) is 5.75 Å². The van der Waals surface area contributed by atoms with Crippen LogP contribution in [0.4, 0.5) is 0 Å². The molecule has 0 aliphatic carbocycles. The van der Waals surface area contributed by atoms with Gasteiger partial charge in [-0.15, -0.1) is 5.10 Å². The number of carbonyl (C=O) groups excluding carboxylic acids is 3. The van der Waals surface area contributed by atoms with Crippen LogP contribution in [0.1, 0.15) is 30.8 Å². The van der Waals surface area contributed by atoms with E-state index in [1.54, 1.807) is 13.0 Å². The summed E-state index contributed by atoms with van der Waals surface area (Å²) in [6.07, 6.45) is 0.594. The predicted octanol–water partition coefficient (Wildman–Crippen LogP) is 0.379. The van der Waals surface area contributed by atoms with Crippen molar-refractivity contribution in [2.45, 2.75) is 43.2 Å². The SMILES string of the molecule is CCc1cc(O)cc(C2(NC(C)=O)S[C@H]3N(C(=O)C3(N)OC)C(C(=O)OC)=C2CSn2nnnc2C)c1. The number of tetrazole rings is 1. The lowest BCUT2D eigenvalue weighted by Gasteiger charge is -2.58. The Labute approximate surface area is 221 Å². The molecule has 3 atom stereocenters. The maximum atomic E-state index is 13.3. The molecule has 15 heteroatoms. The lowest BCUT2D eigenvalue weighted by Crippen LogP contribution is -2.80. The minimum atomic E-state index is -1.76. The smallest absolute Gasteiger partial charge is 0.354 e. The molecular formula is C22H27N7O6S2. The maximum absolute atomic E-state index is 13.3. The molecule has 2 amide bonds. The van der Waals surface area contributed by atoms with E-state index in [1.165, 1.54) is 36.2 Å². The average Bonchev–Trinajstić information content (AvgIpc) is 3.29. The van der Waals surface area contributed by atoms with Crippen LogP contribution in [0.3, 0.4) is 0 Å². The number of amides is 2. The van der Waals surface area contributed by atoms with Gasteiger partial charge >= 0.3 is 5.97 Å². The third-order valence-electron chi connectivity index (χ3n) is 6.17. The minimum Gasteiger partial charge on any atom is -0.508 e. The first-order chi connectivity index (χ1) is 17.5. The van der Waals surface area contributed by atoms with Crippen LogP contribution in [0.5, 0.6) is 5.75 Å². The molecule has 4 rings (SSSR count). The topological polar surface area (TPSA) is 175 Å².